The molecule has 1 aliphatic heterocycles. The molecule has 1 aromatic heterocycles. The minimum absolute atomic E-state index is 0.149. The van der Waals surface area contributed by atoms with Gasteiger partial charge in [-0.25, -0.2) is 27.9 Å². The Bertz CT molecular complexity index is 1370. The van der Waals surface area contributed by atoms with Crippen LogP contribution in [0.25, 0.3) is 5.70 Å². The molecule has 14 heteroatoms. The maximum atomic E-state index is 15.4. The molecule has 37 heavy (non-hydrogen) atoms. The molecule has 0 spiro atoms. The monoisotopic (exact) mass is 549 g/mol. The van der Waals surface area contributed by atoms with E-state index in [0.29, 0.717) is 17.5 Å². The van der Waals surface area contributed by atoms with Gasteiger partial charge in [0.15, 0.2) is 5.60 Å². The maximum absolute atomic E-state index is 15.4. The Labute approximate surface area is 215 Å². The second kappa shape index (κ2) is 11.1. The van der Waals surface area contributed by atoms with Crippen molar-refractivity contribution in [2.24, 2.45) is 0 Å². The number of aromatic nitrogens is 3. The Morgan fingerprint density at radius 1 is 1.30 bits per heavy atom. The standard InChI is InChI=1S/C23H22F2N5O5PS/c1-16(30-15-37-11-22(30)18-5-3-17(10-26)4-6-18)23(12-29-14-27-13-28-29,34-35-36(31,32)33-2)20-8-7-19(24)9-21(20)25/h3-9,11,13-14,16H,12,15H2,1-2H3,(H,31,32)/t16-,23+/m0/s1. The van der Waals surface area contributed by atoms with Crippen molar-refractivity contribution in [2.75, 3.05) is 13.0 Å². The molecular weight excluding hydrogens is 527 g/mol. The molecule has 1 aliphatic rings. The van der Waals surface area contributed by atoms with E-state index in [1.807, 2.05) is 10.3 Å². The van der Waals surface area contributed by atoms with Crippen LogP contribution in [0.2, 0.25) is 0 Å². The van der Waals surface area contributed by atoms with Gasteiger partial charge in [-0.2, -0.15) is 10.4 Å². The molecule has 0 saturated carbocycles. The summed E-state index contributed by atoms with van der Waals surface area (Å²) in [6, 6.07) is 11.1. The van der Waals surface area contributed by atoms with Crippen molar-refractivity contribution in [2.45, 2.75) is 25.1 Å². The summed E-state index contributed by atoms with van der Waals surface area (Å²) < 4.78 is 52.2. The van der Waals surface area contributed by atoms with Crippen LogP contribution >= 0.6 is 19.6 Å². The molecule has 0 fully saturated rings. The van der Waals surface area contributed by atoms with Gasteiger partial charge in [-0.05, 0) is 36.1 Å². The third kappa shape index (κ3) is 5.75. The van der Waals surface area contributed by atoms with E-state index in [9.17, 15) is 13.8 Å². The molecule has 2 aromatic carbocycles. The predicted octanol–water partition coefficient (Wildman–Crippen LogP) is 4.41. The fraction of sp³-hybridized carbons (Fsp3) is 0.261. The minimum atomic E-state index is -4.69. The lowest BCUT2D eigenvalue weighted by molar-refractivity contribution is -0.327. The van der Waals surface area contributed by atoms with Crippen molar-refractivity contribution in [3.05, 3.63) is 88.9 Å². The highest BCUT2D eigenvalue weighted by Gasteiger charge is 2.49. The highest BCUT2D eigenvalue weighted by atomic mass is 32.2. The fourth-order valence-electron chi connectivity index (χ4n) is 3.97. The fourth-order valence-corrected chi connectivity index (χ4v) is 5.29. The van der Waals surface area contributed by atoms with E-state index in [1.165, 1.54) is 35.2 Å². The van der Waals surface area contributed by atoms with Gasteiger partial charge in [-0.15, -0.1) is 16.4 Å². The molecule has 0 saturated heterocycles. The van der Waals surface area contributed by atoms with Crippen molar-refractivity contribution in [3.63, 3.8) is 0 Å². The Morgan fingerprint density at radius 2 is 2.05 bits per heavy atom. The SMILES string of the molecule is COP(=O)(O)OO[C@@](Cn1cncn1)(c1ccc(F)cc1F)[C@H](C)N1CSC=C1c1ccc(C#N)cc1. The molecule has 194 valence electrons. The summed E-state index contributed by atoms with van der Waals surface area (Å²) in [6.45, 7) is 1.48. The number of thioether (sulfide) groups is 1. The van der Waals surface area contributed by atoms with Crippen LogP contribution < -0.4 is 0 Å². The largest absolute Gasteiger partial charge is 0.499 e. The Kier molecular flexibility index (Phi) is 8.08. The molecule has 3 aromatic rings. The molecule has 0 radical (unpaired) electrons. The molecule has 1 unspecified atom stereocenters. The molecule has 2 heterocycles. The molecular formula is C23H22F2N5O5PS. The number of nitrogens with zero attached hydrogens (tertiary/aromatic N) is 5. The van der Waals surface area contributed by atoms with Crippen LogP contribution in [0.3, 0.4) is 0 Å². The summed E-state index contributed by atoms with van der Waals surface area (Å²) in [5.74, 6) is -1.37. The van der Waals surface area contributed by atoms with Gasteiger partial charge in [0.2, 0.25) is 0 Å². The third-order valence-electron chi connectivity index (χ3n) is 5.93. The lowest BCUT2D eigenvalue weighted by atomic mass is 9.85. The summed E-state index contributed by atoms with van der Waals surface area (Å²) >= 11 is 1.46. The van der Waals surface area contributed by atoms with E-state index in [0.717, 1.165) is 24.4 Å². The molecule has 4 rings (SSSR count). The van der Waals surface area contributed by atoms with Gasteiger partial charge in [0.05, 0.1) is 35.8 Å². The minimum Gasteiger partial charge on any atom is -0.355 e. The highest BCUT2D eigenvalue weighted by molar-refractivity contribution is 8.02. The van der Waals surface area contributed by atoms with Crippen molar-refractivity contribution in [1.29, 1.82) is 5.26 Å². The number of halogens is 2. The van der Waals surface area contributed by atoms with Crippen molar-refractivity contribution >= 4 is 25.3 Å². The zero-order chi connectivity index (χ0) is 26.6. The summed E-state index contributed by atoms with van der Waals surface area (Å²) in [5, 5.41) is 15.1. The van der Waals surface area contributed by atoms with E-state index < -0.39 is 31.1 Å². The van der Waals surface area contributed by atoms with Crippen LogP contribution in [0.4, 0.5) is 8.78 Å². The van der Waals surface area contributed by atoms with E-state index >= 15 is 4.39 Å². The van der Waals surface area contributed by atoms with E-state index in [1.54, 1.807) is 31.2 Å². The Morgan fingerprint density at radius 3 is 2.68 bits per heavy atom. The van der Waals surface area contributed by atoms with Crippen molar-refractivity contribution in [1.82, 2.24) is 19.7 Å². The number of nitriles is 1. The molecule has 0 aliphatic carbocycles. The van der Waals surface area contributed by atoms with Gasteiger partial charge < -0.3 is 9.79 Å². The number of phosphoric ester groups is 1. The summed E-state index contributed by atoms with van der Waals surface area (Å²) in [5.41, 5.74) is -0.0211. The van der Waals surface area contributed by atoms with Gasteiger partial charge in [-0.1, -0.05) is 18.2 Å². The zero-order valence-corrected chi connectivity index (χ0v) is 21.4. The zero-order valence-electron chi connectivity index (χ0n) is 19.7. The smallest absolute Gasteiger partial charge is 0.355 e. The summed E-state index contributed by atoms with van der Waals surface area (Å²) in [7, 11) is -3.74. The molecule has 10 nitrogen and oxygen atoms in total. The number of phosphoric acid groups is 1. The van der Waals surface area contributed by atoms with E-state index in [2.05, 4.69) is 20.7 Å². The van der Waals surface area contributed by atoms with Crippen LogP contribution in [0, 0.1) is 23.0 Å². The Balaban J connectivity index is 1.84. The third-order valence-corrected chi connectivity index (χ3v) is 7.47. The van der Waals surface area contributed by atoms with Gasteiger partial charge in [0.25, 0.3) is 0 Å². The van der Waals surface area contributed by atoms with Crippen LogP contribution in [0.1, 0.15) is 23.6 Å². The molecule has 1 N–H and O–H groups in total. The van der Waals surface area contributed by atoms with Crippen LogP contribution in [0.5, 0.6) is 0 Å². The molecule has 0 bridgehead atoms. The average Bonchev–Trinajstić information content (AvgIpc) is 3.59. The predicted molar refractivity (Wildman–Crippen MR) is 130 cm³/mol. The first-order valence-electron chi connectivity index (χ1n) is 10.8. The van der Waals surface area contributed by atoms with Gasteiger partial charge in [-0.3, -0.25) is 4.52 Å². The second-order valence-corrected chi connectivity index (χ2v) is 10.3. The topological polar surface area (TPSA) is 123 Å². The number of rotatable bonds is 10. The second-order valence-electron chi connectivity index (χ2n) is 8.05. The van der Waals surface area contributed by atoms with E-state index in [4.69, 9.17) is 14.8 Å². The van der Waals surface area contributed by atoms with E-state index in [-0.39, 0.29) is 12.1 Å². The molecule has 0 amide bonds. The lowest BCUT2D eigenvalue weighted by Gasteiger charge is -2.43. The maximum Gasteiger partial charge on any atom is 0.499 e. The molecule has 3 atom stereocenters. The first kappa shape index (κ1) is 26.9. The van der Waals surface area contributed by atoms with Crippen LogP contribution in [-0.2, 0) is 30.8 Å². The first-order valence-corrected chi connectivity index (χ1v) is 13.4. The first-order chi connectivity index (χ1) is 17.7. The van der Waals surface area contributed by atoms with Gasteiger partial charge >= 0.3 is 7.82 Å². The quantitative estimate of drug-likeness (QED) is 0.221. The average molecular weight is 549 g/mol. The van der Waals surface area contributed by atoms with Crippen LogP contribution in [-0.4, -0.2) is 43.6 Å². The number of benzene rings is 2. The van der Waals surface area contributed by atoms with Crippen LogP contribution in [0.15, 0.2) is 60.5 Å². The van der Waals surface area contributed by atoms with Crippen molar-refractivity contribution in [3.8, 4) is 6.07 Å². The van der Waals surface area contributed by atoms with Crippen molar-refractivity contribution < 1.29 is 32.3 Å². The summed E-state index contributed by atoms with van der Waals surface area (Å²) in [6.07, 6.45) is 2.62. The lowest BCUT2D eigenvalue weighted by Crippen LogP contribution is -2.52. The van der Waals surface area contributed by atoms with Gasteiger partial charge in [0, 0.05) is 18.7 Å². The highest BCUT2D eigenvalue weighted by Crippen LogP contribution is 2.48. The van der Waals surface area contributed by atoms with Gasteiger partial charge in [0.1, 0.15) is 24.3 Å². The number of hydrogen-bond acceptors (Lipinski definition) is 9. The number of hydrogen-bond donors (Lipinski definition) is 1. The summed E-state index contributed by atoms with van der Waals surface area (Å²) in [4.78, 5) is 21.4. The normalized spacial score (nSPS) is 17.5. The Hall–Kier alpha value is -3.11.